The summed E-state index contributed by atoms with van der Waals surface area (Å²) >= 11 is 0. The van der Waals surface area contributed by atoms with E-state index in [-0.39, 0.29) is 5.92 Å². The van der Waals surface area contributed by atoms with Gasteiger partial charge in [-0.2, -0.15) is 0 Å². The molecule has 4 unspecified atom stereocenters. The first-order valence-electron chi connectivity index (χ1n) is 4.81. The van der Waals surface area contributed by atoms with Crippen molar-refractivity contribution >= 4 is 15.8 Å². The highest BCUT2D eigenvalue weighted by Crippen LogP contribution is 2.50. The first-order valence-corrected chi connectivity index (χ1v) is 6.76. The molecule has 0 amide bonds. The first-order chi connectivity index (χ1) is 6.39. The van der Waals surface area contributed by atoms with E-state index in [1.165, 1.54) is 6.26 Å². The molecule has 0 aliphatic heterocycles. The fourth-order valence-electron chi connectivity index (χ4n) is 3.06. The van der Waals surface area contributed by atoms with Crippen LogP contribution < -0.4 is 0 Å². The van der Waals surface area contributed by atoms with Gasteiger partial charge in [-0.25, -0.2) is 8.42 Å². The Morgan fingerprint density at radius 1 is 1.29 bits per heavy atom. The van der Waals surface area contributed by atoms with Crippen LogP contribution in [0.4, 0.5) is 0 Å². The predicted octanol–water partition coefficient (Wildman–Crippen LogP) is 0.530. The van der Waals surface area contributed by atoms with Gasteiger partial charge in [0.2, 0.25) is 0 Å². The number of carboxylic acid groups (broad SMARTS) is 1. The highest BCUT2D eigenvalue weighted by atomic mass is 32.2. The lowest BCUT2D eigenvalue weighted by atomic mass is 9.88. The zero-order valence-corrected chi connectivity index (χ0v) is 8.83. The molecule has 0 saturated heterocycles. The van der Waals surface area contributed by atoms with Crippen molar-refractivity contribution < 1.29 is 18.3 Å². The molecule has 2 aliphatic rings. The largest absolute Gasteiger partial charge is 0.481 e. The van der Waals surface area contributed by atoms with Crippen LogP contribution in [-0.4, -0.2) is 31.0 Å². The Morgan fingerprint density at radius 3 is 2.36 bits per heavy atom. The molecule has 14 heavy (non-hydrogen) atoms. The Morgan fingerprint density at radius 2 is 1.93 bits per heavy atom. The molecule has 2 rings (SSSR count). The lowest BCUT2D eigenvalue weighted by molar-refractivity contribution is -0.143. The van der Waals surface area contributed by atoms with Gasteiger partial charge in [-0.15, -0.1) is 0 Å². The summed E-state index contributed by atoms with van der Waals surface area (Å²) in [7, 11) is -3.06. The van der Waals surface area contributed by atoms with Gasteiger partial charge in [0.05, 0.1) is 11.2 Å². The topological polar surface area (TPSA) is 71.4 Å². The van der Waals surface area contributed by atoms with Gasteiger partial charge >= 0.3 is 5.97 Å². The zero-order chi connectivity index (χ0) is 10.5. The second kappa shape index (κ2) is 2.95. The maximum absolute atomic E-state index is 11.4. The van der Waals surface area contributed by atoms with E-state index in [2.05, 4.69) is 0 Å². The van der Waals surface area contributed by atoms with Crippen LogP contribution in [0, 0.1) is 17.8 Å². The minimum absolute atomic E-state index is 0.132. The average molecular weight is 218 g/mol. The number of sulfone groups is 1. The molecular formula is C9H14O4S. The normalized spacial score (nSPS) is 41.5. The third-order valence-electron chi connectivity index (χ3n) is 3.62. The summed E-state index contributed by atoms with van der Waals surface area (Å²) in [6.07, 6.45) is 3.35. The van der Waals surface area contributed by atoms with Crippen LogP contribution in [0.1, 0.15) is 19.3 Å². The molecule has 2 bridgehead atoms. The van der Waals surface area contributed by atoms with E-state index in [1.807, 2.05) is 0 Å². The summed E-state index contributed by atoms with van der Waals surface area (Å²) in [4.78, 5) is 10.9. The molecule has 4 nitrogen and oxygen atoms in total. The van der Waals surface area contributed by atoms with Gasteiger partial charge in [-0.3, -0.25) is 4.79 Å². The van der Waals surface area contributed by atoms with Crippen LogP contribution in [0.25, 0.3) is 0 Å². The van der Waals surface area contributed by atoms with E-state index in [4.69, 9.17) is 5.11 Å². The lowest BCUT2D eigenvalue weighted by Gasteiger charge is -2.25. The van der Waals surface area contributed by atoms with Crippen molar-refractivity contribution in [3.05, 3.63) is 0 Å². The molecule has 0 heterocycles. The summed E-state index contributed by atoms with van der Waals surface area (Å²) < 4.78 is 22.8. The van der Waals surface area contributed by atoms with Crippen LogP contribution in [0.5, 0.6) is 0 Å². The standard InChI is InChI=1S/C9H14O4S/c1-14(12,13)8-4-5-2-6(8)7(3-5)9(10)11/h5-8H,2-4H2,1H3,(H,10,11). The van der Waals surface area contributed by atoms with E-state index in [1.54, 1.807) is 0 Å². The van der Waals surface area contributed by atoms with E-state index in [0.29, 0.717) is 18.8 Å². The Labute approximate surface area is 83.2 Å². The molecule has 1 N–H and O–H groups in total. The number of rotatable bonds is 2. The number of fused-ring (bicyclic) bond motifs is 2. The van der Waals surface area contributed by atoms with Gasteiger partial charge in [-0.05, 0) is 31.1 Å². The zero-order valence-electron chi connectivity index (χ0n) is 8.01. The Balaban J connectivity index is 2.24. The lowest BCUT2D eigenvalue weighted by Crippen LogP contribution is -2.34. The number of aliphatic carboxylic acids is 1. The highest BCUT2D eigenvalue weighted by Gasteiger charge is 2.52. The van der Waals surface area contributed by atoms with E-state index in [0.717, 1.165) is 6.42 Å². The molecular weight excluding hydrogens is 204 g/mol. The van der Waals surface area contributed by atoms with Crippen molar-refractivity contribution in [2.75, 3.05) is 6.26 Å². The molecule has 0 radical (unpaired) electrons. The minimum atomic E-state index is -3.06. The Kier molecular flexibility index (Phi) is 2.10. The smallest absolute Gasteiger partial charge is 0.306 e. The Hall–Kier alpha value is -0.580. The maximum atomic E-state index is 11.4. The molecule has 0 spiro atoms. The van der Waals surface area contributed by atoms with E-state index >= 15 is 0 Å². The molecule has 0 aromatic heterocycles. The maximum Gasteiger partial charge on any atom is 0.306 e. The molecule has 0 aromatic carbocycles. The summed E-state index contributed by atoms with van der Waals surface area (Å²) in [5.41, 5.74) is 0. The molecule has 2 aliphatic carbocycles. The van der Waals surface area contributed by atoms with Crippen molar-refractivity contribution in [2.45, 2.75) is 24.5 Å². The number of hydrogen-bond acceptors (Lipinski definition) is 3. The number of hydrogen-bond donors (Lipinski definition) is 1. The average Bonchev–Trinajstić information content (AvgIpc) is 2.58. The molecule has 4 atom stereocenters. The monoisotopic (exact) mass is 218 g/mol. The van der Waals surface area contributed by atoms with Gasteiger partial charge in [0, 0.05) is 6.26 Å². The molecule has 5 heteroatoms. The van der Waals surface area contributed by atoms with Crippen molar-refractivity contribution in [1.82, 2.24) is 0 Å². The summed E-state index contributed by atoms with van der Waals surface area (Å²) in [6, 6.07) is 0. The number of carbonyl (C=O) groups is 1. The van der Waals surface area contributed by atoms with Gasteiger partial charge < -0.3 is 5.11 Å². The van der Waals surface area contributed by atoms with Crippen LogP contribution in [0.2, 0.25) is 0 Å². The predicted molar refractivity (Wildman–Crippen MR) is 50.6 cm³/mol. The van der Waals surface area contributed by atoms with Crippen molar-refractivity contribution in [1.29, 1.82) is 0 Å². The van der Waals surface area contributed by atoms with Crippen LogP contribution >= 0.6 is 0 Å². The van der Waals surface area contributed by atoms with Crippen molar-refractivity contribution in [3.63, 3.8) is 0 Å². The van der Waals surface area contributed by atoms with Gasteiger partial charge in [-0.1, -0.05) is 0 Å². The highest BCUT2D eigenvalue weighted by molar-refractivity contribution is 7.91. The van der Waals surface area contributed by atoms with Crippen molar-refractivity contribution in [3.8, 4) is 0 Å². The third kappa shape index (κ3) is 1.43. The molecule has 0 aromatic rings. The molecule has 80 valence electrons. The second-order valence-corrected chi connectivity index (χ2v) is 6.81. The summed E-state index contributed by atoms with van der Waals surface area (Å²) in [5, 5.41) is 8.52. The fraction of sp³-hybridized carbons (Fsp3) is 0.889. The third-order valence-corrected chi connectivity index (χ3v) is 5.26. The van der Waals surface area contributed by atoms with Crippen molar-refractivity contribution in [2.24, 2.45) is 17.8 Å². The first kappa shape index (κ1) is 9.96. The summed E-state index contributed by atoms with van der Waals surface area (Å²) in [5.74, 6) is -1.06. The molecule has 2 saturated carbocycles. The quantitative estimate of drug-likeness (QED) is 0.734. The van der Waals surface area contributed by atoms with E-state index in [9.17, 15) is 13.2 Å². The number of carboxylic acids is 1. The van der Waals surface area contributed by atoms with E-state index < -0.39 is 27.0 Å². The fourth-order valence-corrected chi connectivity index (χ4v) is 4.62. The minimum Gasteiger partial charge on any atom is -0.481 e. The van der Waals surface area contributed by atoms with Gasteiger partial charge in [0.15, 0.2) is 9.84 Å². The van der Waals surface area contributed by atoms with Crippen LogP contribution in [0.3, 0.4) is 0 Å². The SMILES string of the molecule is CS(=O)(=O)C1CC2CC(C(=O)O)C1C2. The Bertz CT molecular complexity index is 359. The summed E-state index contributed by atoms with van der Waals surface area (Å²) in [6.45, 7) is 0. The van der Waals surface area contributed by atoms with Gasteiger partial charge in [0.25, 0.3) is 0 Å². The van der Waals surface area contributed by atoms with Gasteiger partial charge in [0.1, 0.15) is 0 Å². The molecule has 2 fully saturated rings. The second-order valence-electron chi connectivity index (χ2n) is 4.55. The van der Waals surface area contributed by atoms with Crippen LogP contribution in [-0.2, 0) is 14.6 Å². The van der Waals surface area contributed by atoms with Crippen LogP contribution in [0.15, 0.2) is 0 Å².